The van der Waals surface area contributed by atoms with Crippen molar-refractivity contribution in [2.75, 3.05) is 0 Å². The predicted octanol–water partition coefficient (Wildman–Crippen LogP) is 3.77. The molecule has 0 fully saturated rings. The van der Waals surface area contributed by atoms with Crippen LogP contribution in [0.15, 0.2) is 84.9 Å². The molecule has 0 aromatic heterocycles. The topological polar surface area (TPSA) is 164 Å². The molecule has 2 aliphatic heterocycles. The van der Waals surface area contributed by atoms with Crippen molar-refractivity contribution in [2.24, 2.45) is 0 Å². The summed E-state index contributed by atoms with van der Waals surface area (Å²) in [5.74, 6) is -6.18. The third kappa shape index (κ3) is 4.80. The number of fused-ring (bicyclic) bond motifs is 2. The summed E-state index contributed by atoms with van der Waals surface area (Å²) in [6.07, 6.45) is 0. The van der Waals surface area contributed by atoms with E-state index in [1.54, 1.807) is 0 Å². The van der Waals surface area contributed by atoms with Gasteiger partial charge >= 0.3 is 35.8 Å². The van der Waals surface area contributed by atoms with Crippen LogP contribution in [0.1, 0.15) is 94.0 Å². The predicted molar refractivity (Wildman–Crippen MR) is 142 cm³/mol. The third-order valence-electron chi connectivity index (χ3n) is 6.76. The average molecular weight is 574 g/mol. The highest BCUT2D eigenvalue weighted by Gasteiger charge is 2.31. The van der Waals surface area contributed by atoms with Gasteiger partial charge in [-0.1, -0.05) is 36.4 Å². The molecule has 43 heavy (non-hydrogen) atoms. The Morgan fingerprint density at radius 1 is 0.395 bits per heavy atom. The number of rotatable bonds is 6. The molecular weight excluding hydrogens is 560 g/mol. The van der Waals surface area contributed by atoms with Crippen LogP contribution >= 0.6 is 0 Å². The number of cyclic esters (lactones) is 4. The maximum Gasteiger partial charge on any atom is 0.346 e. The molecular formula is C32H14O11. The smallest absolute Gasteiger partial charge is 0.346 e. The zero-order valence-electron chi connectivity index (χ0n) is 21.6. The van der Waals surface area contributed by atoms with Crippen molar-refractivity contribution < 1.29 is 52.6 Å². The Labute approximate surface area is 240 Å². The summed E-state index contributed by atoms with van der Waals surface area (Å²) in [4.78, 5) is 97.6. The standard InChI is InChI=1S/C32H14O11/c33-25(19-9-11-21-23(13-19)31(39)42-29(21)37)15-1-5-17(6-2-15)27(35)41-28(36)18-7-3-16(4-8-18)26(34)20-10-12-22-24(14-20)32(40)43-30(22)38/h1-14H. The molecule has 0 radical (unpaired) electrons. The van der Waals surface area contributed by atoms with Gasteiger partial charge in [-0.25, -0.2) is 28.8 Å². The summed E-state index contributed by atoms with van der Waals surface area (Å²) in [6.45, 7) is 0. The van der Waals surface area contributed by atoms with Gasteiger partial charge in [-0.3, -0.25) is 9.59 Å². The fourth-order valence-electron chi connectivity index (χ4n) is 4.50. The summed E-state index contributed by atoms with van der Waals surface area (Å²) >= 11 is 0. The Bertz CT molecular complexity index is 1820. The molecule has 0 unspecified atom stereocenters. The molecule has 0 bridgehead atoms. The van der Waals surface area contributed by atoms with Crippen molar-refractivity contribution in [1.29, 1.82) is 0 Å². The van der Waals surface area contributed by atoms with Crippen LogP contribution in [0.2, 0.25) is 0 Å². The molecule has 4 aromatic rings. The molecule has 0 amide bonds. The lowest BCUT2D eigenvalue weighted by molar-refractivity contribution is 0.0388. The van der Waals surface area contributed by atoms with Gasteiger partial charge in [0.15, 0.2) is 11.6 Å². The van der Waals surface area contributed by atoms with Crippen molar-refractivity contribution >= 4 is 47.4 Å². The first-order valence-electron chi connectivity index (χ1n) is 12.5. The van der Waals surface area contributed by atoms with Crippen LogP contribution in [0.25, 0.3) is 0 Å². The van der Waals surface area contributed by atoms with Gasteiger partial charge in [-0.2, -0.15) is 0 Å². The van der Waals surface area contributed by atoms with E-state index in [1.807, 2.05) is 0 Å². The second-order valence-corrected chi connectivity index (χ2v) is 9.36. The fraction of sp³-hybridized carbons (Fsp3) is 0. The van der Waals surface area contributed by atoms with Crippen molar-refractivity contribution in [3.63, 3.8) is 0 Å². The van der Waals surface area contributed by atoms with Crippen molar-refractivity contribution in [1.82, 2.24) is 0 Å². The van der Waals surface area contributed by atoms with Crippen molar-refractivity contribution in [3.05, 3.63) is 141 Å². The minimum absolute atomic E-state index is 0.0144. The van der Waals surface area contributed by atoms with E-state index in [9.17, 15) is 38.4 Å². The van der Waals surface area contributed by atoms with Gasteiger partial charge < -0.3 is 14.2 Å². The molecule has 0 N–H and O–H groups in total. The summed E-state index contributed by atoms with van der Waals surface area (Å²) < 4.78 is 14.0. The lowest BCUT2D eigenvalue weighted by atomic mass is 9.98. The lowest BCUT2D eigenvalue weighted by Crippen LogP contribution is -2.13. The summed E-state index contributed by atoms with van der Waals surface area (Å²) in [5.41, 5.74) is 0.674. The average Bonchev–Trinajstić information content (AvgIpc) is 3.48. The molecule has 208 valence electrons. The maximum absolute atomic E-state index is 12.9. The van der Waals surface area contributed by atoms with Gasteiger partial charge in [-0.15, -0.1) is 0 Å². The minimum atomic E-state index is -0.984. The van der Waals surface area contributed by atoms with E-state index in [-0.39, 0.29) is 55.6 Å². The van der Waals surface area contributed by atoms with Crippen LogP contribution in [-0.4, -0.2) is 47.4 Å². The van der Waals surface area contributed by atoms with Gasteiger partial charge in [0.1, 0.15) is 0 Å². The highest BCUT2D eigenvalue weighted by molar-refractivity contribution is 6.18. The van der Waals surface area contributed by atoms with Crippen LogP contribution in [-0.2, 0) is 14.2 Å². The molecule has 0 atom stereocenters. The van der Waals surface area contributed by atoms with Gasteiger partial charge in [0, 0.05) is 22.3 Å². The lowest BCUT2D eigenvalue weighted by Gasteiger charge is -2.06. The molecule has 0 saturated heterocycles. The van der Waals surface area contributed by atoms with Crippen molar-refractivity contribution in [2.45, 2.75) is 0 Å². The van der Waals surface area contributed by atoms with Crippen LogP contribution in [0.3, 0.4) is 0 Å². The van der Waals surface area contributed by atoms with E-state index in [2.05, 4.69) is 9.47 Å². The molecule has 0 spiro atoms. The number of esters is 6. The Hall–Kier alpha value is -6.36. The highest BCUT2D eigenvalue weighted by Crippen LogP contribution is 2.24. The molecule has 6 rings (SSSR count). The van der Waals surface area contributed by atoms with E-state index in [0.29, 0.717) is 0 Å². The zero-order chi connectivity index (χ0) is 30.4. The van der Waals surface area contributed by atoms with Crippen molar-refractivity contribution in [3.8, 4) is 0 Å². The number of ketones is 2. The second kappa shape index (κ2) is 10.2. The number of benzene rings is 4. The number of carbonyl (C=O) groups excluding carboxylic acids is 8. The van der Waals surface area contributed by atoms with Crippen LogP contribution < -0.4 is 0 Å². The van der Waals surface area contributed by atoms with E-state index >= 15 is 0 Å². The zero-order valence-corrected chi connectivity index (χ0v) is 21.6. The molecule has 2 aliphatic rings. The Kier molecular flexibility index (Phi) is 6.39. The molecule has 2 heterocycles. The maximum atomic E-state index is 12.9. The molecule has 0 aliphatic carbocycles. The quantitative estimate of drug-likeness (QED) is 0.142. The number of hydrogen-bond donors (Lipinski definition) is 0. The summed E-state index contributed by atoms with van der Waals surface area (Å²) in [6, 6.07) is 18.4. The summed E-state index contributed by atoms with van der Waals surface area (Å²) in [5, 5.41) is 0. The first-order chi connectivity index (χ1) is 20.6. The normalized spacial score (nSPS) is 13.1. The Balaban J connectivity index is 1.10. The highest BCUT2D eigenvalue weighted by atomic mass is 16.6. The summed E-state index contributed by atoms with van der Waals surface area (Å²) in [7, 11) is 0. The van der Waals surface area contributed by atoms with E-state index in [1.165, 1.54) is 84.9 Å². The van der Waals surface area contributed by atoms with E-state index < -0.39 is 47.4 Å². The number of carbonyl (C=O) groups is 8. The number of hydrogen-bond acceptors (Lipinski definition) is 11. The van der Waals surface area contributed by atoms with E-state index in [4.69, 9.17) is 4.74 Å². The Morgan fingerprint density at radius 3 is 1.07 bits per heavy atom. The SMILES string of the molecule is O=C(OC(=O)c1ccc(C(=O)c2ccc3c(c2)C(=O)OC3=O)cc1)c1ccc(C(=O)c2ccc3c(c2)C(=O)OC3=O)cc1. The van der Waals surface area contributed by atoms with Gasteiger partial charge in [-0.05, 0) is 48.5 Å². The molecule has 4 aromatic carbocycles. The molecule has 0 saturated carbocycles. The molecule has 11 nitrogen and oxygen atoms in total. The number of ether oxygens (including phenoxy) is 3. The van der Waals surface area contributed by atoms with Crippen LogP contribution in [0.5, 0.6) is 0 Å². The first-order valence-corrected chi connectivity index (χ1v) is 12.5. The van der Waals surface area contributed by atoms with E-state index in [0.717, 1.165) is 0 Å². The van der Waals surface area contributed by atoms with Crippen LogP contribution in [0, 0.1) is 0 Å². The fourth-order valence-corrected chi connectivity index (χ4v) is 4.50. The third-order valence-corrected chi connectivity index (χ3v) is 6.76. The Morgan fingerprint density at radius 2 is 0.698 bits per heavy atom. The second-order valence-electron chi connectivity index (χ2n) is 9.36. The largest absolute Gasteiger partial charge is 0.386 e. The van der Waals surface area contributed by atoms with Crippen LogP contribution in [0.4, 0.5) is 0 Å². The minimum Gasteiger partial charge on any atom is -0.386 e. The molecule has 11 heteroatoms. The van der Waals surface area contributed by atoms with Gasteiger partial charge in [0.05, 0.1) is 33.4 Å². The first kappa shape index (κ1) is 26.8. The monoisotopic (exact) mass is 574 g/mol. The van der Waals surface area contributed by atoms with Gasteiger partial charge in [0.2, 0.25) is 0 Å². The van der Waals surface area contributed by atoms with Gasteiger partial charge in [0.25, 0.3) is 0 Å².